The first kappa shape index (κ1) is 36.1. The van der Waals surface area contributed by atoms with E-state index in [9.17, 15) is 14.4 Å². The Morgan fingerprint density at radius 2 is 1.80 bits per heavy atom. The minimum Gasteiger partial charge on any atom is -0.493 e. The fourth-order valence-electron chi connectivity index (χ4n) is 5.32. The van der Waals surface area contributed by atoms with Crippen LogP contribution in [0.15, 0.2) is 68.7 Å². The standard InChI is InChI=1S/C32H36BrN5O5.2ClH/c1-5-38-25-8-7-23(18-26(25)36(4)30(40)32(2,3)31(38)41)42-16-6-12-34-20-21-9-13-35-22(17-21)10-14-37-15-11-27-24(29(37)39)19-28(33)43-27;;/h7-9,11,13,15,17-19,34H,5-6,10,12,14,16,20H2,1-4H3;2*1H. The van der Waals surface area contributed by atoms with Gasteiger partial charge >= 0.3 is 0 Å². The Hall–Kier alpha value is -3.38. The number of hydrogen-bond donors (Lipinski definition) is 1. The highest BCUT2D eigenvalue weighted by atomic mass is 79.9. The highest BCUT2D eigenvalue weighted by Crippen LogP contribution is 2.40. The molecule has 0 unspecified atom stereocenters. The molecule has 0 atom stereocenters. The van der Waals surface area contributed by atoms with Gasteiger partial charge in [-0.25, -0.2) is 0 Å². The van der Waals surface area contributed by atoms with Gasteiger partial charge in [0, 0.05) is 63.3 Å². The third-order valence-electron chi connectivity index (χ3n) is 7.75. The van der Waals surface area contributed by atoms with Crippen LogP contribution >= 0.6 is 40.7 Å². The molecule has 0 radical (unpaired) electrons. The number of amides is 2. The van der Waals surface area contributed by atoms with Crippen LogP contribution in [-0.4, -0.2) is 48.1 Å². The molecule has 4 aromatic rings. The third-order valence-corrected chi connectivity index (χ3v) is 8.14. The maximum absolute atomic E-state index is 13.1. The van der Waals surface area contributed by atoms with E-state index in [-0.39, 0.29) is 42.2 Å². The van der Waals surface area contributed by atoms with Crippen LogP contribution in [0, 0.1) is 5.41 Å². The second-order valence-electron chi connectivity index (χ2n) is 11.1. The number of hydrogen-bond acceptors (Lipinski definition) is 7. The number of nitrogens with zero attached hydrogens (tertiary/aromatic N) is 4. The van der Waals surface area contributed by atoms with E-state index >= 15 is 0 Å². The molecule has 242 valence electrons. The fraction of sp³-hybridized carbons (Fsp3) is 0.375. The highest BCUT2D eigenvalue weighted by Gasteiger charge is 2.45. The number of pyridine rings is 2. The monoisotopic (exact) mass is 721 g/mol. The number of furan rings is 1. The molecule has 0 saturated carbocycles. The van der Waals surface area contributed by atoms with Gasteiger partial charge in [0.2, 0.25) is 11.8 Å². The zero-order valence-electron chi connectivity index (χ0n) is 25.7. The van der Waals surface area contributed by atoms with Crippen molar-refractivity contribution in [3.63, 3.8) is 0 Å². The maximum atomic E-state index is 13.1. The van der Waals surface area contributed by atoms with Gasteiger partial charge in [0.05, 0.1) is 23.4 Å². The van der Waals surface area contributed by atoms with Crippen LogP contribution in [0.5, 0.6) is 5.75 Å². The molecule has 0 fully saturated rings. The van der Waals surface area contributed by atoms with E-state index in [2.05, 4.69) is 32.3 Å². The minimum atomic E-state index is -1.14. The van der Waals surface area contributed by atoms with E-state index in [1.165, 1.54) is 0 Å². The molecule has 0 saturated heterocycles. The minimum absolute atomic E-state index is 0. The molecule has 1 aliphatic rings. The molecule has 0 bridgehead atoms. The molecule has 4 heterocycles. The van der Waals surface area contributed by atoms with Crippen molar-refractivity contribution in [3.8, 4) is 5.75 Å². The van der Waals surface area contributed by atoms with Crippen molar-refractivity contribution < 1.29 is 18.7 Å². The smallest absolute Gasteiger partial charge is 0.261 e. The van der Waals surface area contributed by atoms with Crippen LogP contribution in [0.4, 0.5) is 11.4 Å². The van der Waals surface area contributed by atoms with Gasteiger partial charge in [-0.1, -0.05) is 0 Å². The second kappa shape index (κ2) is 15.3. The molecule has 5 rings (SSSR count). The summed E-state index contributed by atoms with van der Waals surface area (Å²) in [5.74, 6) is 0.204. The number of ether oxygens (including phenoxy) is 1. The topological polar surface area (TPSA) is 110 Å². The largest absolute Gasteiger partial charge is 0.493 e. The molecular formula is C32H38BrCl2N5O5. The van der Waals surface area contributed by atoms with Gasteiger partial charge in [0.25, 0.3) is 5.56 Å². The van der Waals surface area contributed by atoms with Crippen molar-refractivity contribution >= 4 is 74.9 Å². The van der Waals surface area contributed by atoms with Gasteiger partial charge in [0.1, 0.15) is 16.7 Å². The summed E-state index contributed by atoms with van der Waals surface area (Å²) >= 11 is 3.28. The molecular weight excluding hydrogens is 685 g/mol. The Bertz CT molecular complexity index is 1720. The number of nitrogens with one attached hydrogen (secondary N) is 1. The molecule has 10 nitrogen and oxygen atoms in total. The summed E-state index contributed by atoms with van der Waals surface area (Å²) in [6.07, 6.45) is 4.96. The molecule has 1 N–H and O–H groups in total. The predicted molar refractivity (Wildman–Crippen MR) is 184 cm³/mol. The van der Waals surface area contributed by atoms with E-state index in [1.807, 2.05) is 31.2 Å². The van der Waals surface area contributed by atoms with Crippen LogP contribution in [0.25, 0.3) is 11.0 Å². The second-order valence-corrected chi connectivity index (χ2v) is 11.9. The number of halogens is 3. The van der Waals surface area contributed by atoms with Crippen molar-refractivity contribution in [1.29, 1.82) is 0 Å². The lowest BCUT2D eigenvalue weighted by Gasteiger charge is -2.27. The zero-order valence-corrected chi connectivity index (χ0v) is 28.9. The number of carbonyl (C=O) groups excluding carboxylic acids is 2. The number of fused-ring (bicyclic) bond motifs is 2. The maximum Gasteiger partial charge on any atom is 0.261 e. The van der Waals surface area contributed by atoms with Gasteiger partial charge in [-0.15, -0.1) is 24.8 Å². The van der Waals surface area contributed by atoms with Crippen molar-refractivity contribution in [2.75, 3.05) is 36.5 Å². The Morgan fingerprint density at radius 3 is 2.56 bits per heavy atom. The SMILES string of the molecule is CCN1C(=O)C(C)(C)C(=O)N(C)c2cc(OCCCNCc3ccnc(CCn4ccc5oc(Br)cc5c4=O)c3)ccc21.Cl.Cl. The Kier molecular flexibility index (Phi) is 12.2. The lowest BCUT2D eigenvalue weighted by Crippen LogP contribution is -2.47. The first-order valence-corrected chi connectivity index (χ1v) is 15.2. The lowest BCUT2D eigenvalue weighted by molar-refractivity contribution is -0.137. The zero-order chi connectivity index (χ0) is 30.7. The molecule has 1 aromatic carbocycles. The van der Waals surface area contributed by atoms with Crippen LogP contribution in [0.2, 0.25) is 0 Å². The highest BCUT2D eigenvalue weighted by molar-refractivity contribution is 9.10. The van der Waals surface area contributed by atoms with Gasteiger partial charge in [-0.3, -0.25) is 19.4 Å². The average molecular weight is 723 g/mol. The summed E-state index contributed by atoms with van der Waals surface area (Å²) in [4.78, 5) is 46.5. The van der Waals surface area contributed by atoms with Crippen LogP contribution in [0.1, 0.15) is 38.4 Å². The van der Waals surface area contributed by atoms with Crippen molar-refractivity contribution in [3.05, 3.63) is 81.1 Å². The van der Waals surface area contributed by atoms with Crippen LogP contribution in [0.3, 0.4) is 0 Å². The number of aromatic nitrogens is 2. The number of aryl methyl sites for hydroxylation is 2. The first-order valence-electron chi connectivity index (χ1n) is 14.4. The Labute approximate surface area is 283 Å². The number of benzene rings is 1. The molecule has 1 aliphatic heterocycles. The third kappa shape index (κ3) is 7.71. The van der Waals surface area contributed by atoms with Gasteiger partial charge in [-0.2, -0.15) is 0 Å². The van der Waals surface area contributed by atoms with Crippen molar-refractivity contribution in [1.82, 2.24) is 14.9 Å². The predicted octanol–water partition coefficient (Wildman–Crippen LogP) is 5.75. The summed E-state index contributed by atoms with van der Waals surface area (Å²) < 4.78 is 13.7. The summed E-state index contributed by atoms with van der Waals surface area (Å²) in [6.45, 7) is 8.19. The normalized spacial score (nSPS) is 14.1. The van der Waals surface area contributed by atoms with Gasteiger partial charge < -0.3 is 28.8 Å². The summed E-state index contributed by atoms with van der Waals surface area (Å²) in [5, 5.41) is 4.00. The summed E-state index contributed by atoms with van der Waals surface area (Å²) in [7, 11) is 1.70. The number of anilines is 2. The average Bonchev–Trinajstić information content (AvgIpc) is 3.38. The van der Waals surface area contributed by atoms with Crippen molar-refractivity contribution in [2.24, 2.45) is 5.41 Å². The van der Waals surface area contributed by atoms with Crippen LogP contribution < -0.4 is 25.4 Å². The lowest BCUT2D eigenvalue weighted by atomic mass is 9.90. The molecule has 2 amide bonds. The number of rotatable bonds is 11. The first-order chi connectivity index (χ1) is 20.6. The molecule has 0 spiro atoms. The Morgan fingerprint density at radius 1 is 1.02 bits per heavy atom. The van der Waals surface area contributed by atoms with Gasteiger partial charge in [-0.05, 0) is 85.6 Å². The van der Waals surface area contributed by atoms with E-state index < -0.39 is 5.41 Å². The van der Waals surface area contributed by atoms with Crippen molar-refractivity contribution in [2.45, 2.75) is 46.7 Å². The molecule has 13 heteroatoms. The fourth-order valence-corrected chi connectivity index (χ4v) is 5.73. The molecule has 3 aromatic heterocycles. The van der Waals surface area contributed by atoms with E-state index in [0.717, 1.165) is 24.2 Å². The molecule has 0 aliphatic carbocycles. The van der Waals surface area contributed by atoms with Crippen LogP contribution in [-0.2, 0) is 29.1 Å². The quantitative estimate of drug-likeness (QED) is 0.155. The Balaban J connectivity index is 0.00000276. The van der Waals surface area contributed by atoms with Gasteiger partial charge in [0.15, 0.2) is 4.67 Å². The van der Waals surface area contributed by atoms with E-state index in [4.69, 9.17) is 9.15 Å². The molecule has 45 heavy (non-hydrogen) atoms. The van der Waals surface area contributed by atoms with E-state index in [0.29, 0.717) is 65.4 Å². The summed E-state index contributed by atoms with van der Waals surface area (Å²) in [5.41, 5.74) is 2.75. The number of carbonyl (C=O) groups is 2. The van der Waals surface area contributed by atoms with E-state index in [1.54, 1.807) is 59.8 Å². The summed E-state index contributed by atoms with van der Waals surface area (Å²) in [6, 6.07) is 13.1.